The number of carbonyl (C=O) groups is 3. The van der Waals surface area contributed by atoms with Gasteiger partial charge in [0.1, 0.15) is 17.9 Å². The molecule has 0 aliphatic rings. The summed E-state index contributed by atoms with van der Waals surface area (Å²) in [7, 11) is 0. The zero-order chi connectivity index (χ0) is 22.0. The van der Waals surface area contributed by atoms with Gasteiger partial charge in [-0.3, -0.25) is 4.79 Å². The van der Waals surface area contributed by atoms with Crippen molar-refractivity contribution in [1.29, 1.82) is 0 Å². The fraction of sp³-hybridized carbons (Fsp3) is 0.318. The molecule has 0 unspecified atom stereocenters. The van der Waals surface area contributed by atoms with Crippen molar-refractivity contribution in [2.45, 2.75) is 32.9 Å². The third-order valence-corrected chi connectivity index (χ3v) is 3.97. The van der Waals surface area contributed by atoms with E-state index in [0.29, 0.717) is 11.4 Å². The third-order valence-electron chi connectivity index (χ3n) is 3.97. The number of amides is 2. The Hall–Kier alpha value is -3.55. The molecule has 8 heteroatoms. The normalized spacial score (nSPS) is 10.6. The molecule has 8 nitrogen and oxygen atoms in total. The molecule has 160 valence electrons. The van der Waals surface area contributed by atoms with Crippen molar-refractivity contribution in [3.63, 3.8) is 0 Å². The predicted molar refractivity (Wildman–Crippen MR) is 111 cm³/mol. The maximum atomic E-state index is 12.5. The molecule has 2 aromatic carbocycles. The zero-order valence-corrected chi connectivity index (χ0v) is 17.3. The Kier molecular flexibility index (Phi) is 8.22. The molecule has 0 spiro atoms. The molecule has 0 saturated heterocycles. The van der Waals surface area contributed by atoms with Crippen LogP contribution in [-0.4, -0.2) is 36.7 Å². The van der Waals surface area contributed by atoms with Crippen molar-refractivity contribution in [2.24, 2.45) is 0 Å². The average molecular weight is 414 g/mol. The number of carbonyl (C=O) groups excluding carboxylic acids is 3. The van der Waals surface area contributed by atoms with Crippen LogP contribution < -0.4 is 15.4 Å². The minimum atomic E-state index is -1.20. The largest absolute Gasteiger partial charge is 0.482 e. The van der Waals surface area contributed by atoms with Gasteiger partial charge in [-0.25, -0.2) is 9.59 Å². The van der Waals surface area contributed by atoms with Gasteiger partial charge in [0.15, 0.2) is 6.61 Å². The van der Waals surface area contributed by atoms with Crippen LogP contribution in [0.4, 0.5) is 10.5 Å². The molecule has 2 N–H and O–H groups in total. The lowest BCUT2D eigenvalue weighted by atomic mass is 10.0. The van der Waals surface area contributed by atoms with Gasteiger partial charge in [0.25, 0.3) is 0 Å². The molecule has 0 aromatic heterocycles. The molecule has 0 saturated carbocycles. The summed E-state index contributed by atoms with van der Waals surface area (Å²) in [6, 6.07) is 15.7. The second-order valence-electron chi connectivity index (χ2n) is 6.88. The van der Waals surface area contributed by atoms with Gasteiger partial charge in [-0.05, 0) is 50.6 Å². The summed E-state index contributed by atoms with van der Waals surface area (Å²) >= 11 is 0. The van der Waals surface area contributed by atoms with Crippen LogP contribution in [0.2, 0.25) is 0 Å². The highest BCUT2D eigenvalue weighted by molar-refractivity contribution is 5.99. The standard InChI is InChI=1S/C22H26N2O6/c1-4-28-19(25)15-29-18-12-10-17(11-13-18)23-20(26)22(2,3)24-21(27)30-14-16-8-6-5-7-9-16/h5-13H,4,14-15H2,1-3H3,(H,23,26)(H,24,27). The van der Waals surface area contributed by atoms with E-state index in [9.17, 15) is 14.4 Å². The van der Waals surface area contributed by atoms with Gasteiger partial charge < -0.3 is 24.8 Å². The first-order valence-electron chi connectivity index (χ1n) is 9.49. The maximum absolute atomic E-state index is 12.5. The van der Waals surface area contributed by atoms with Crippen molar-refractivity contribution in [1.82, 2.24) is 5.32 Å². The molecule has 2 aromatic rings. The van der Waals surface area contributed by atoms with Gasteiger partial charge >= 0.3 is 12.1 Å². The van der Waals surface area contributed by atoms with E-state index >= 15 is 0 Å². The van der Waals surface area contributed by atoms with Gasteiger partial charge in [-0.2, -0.15) is 0 Å². The first-order chi connectivity index (χ1) is 14.3. The summed E-state index contributed by atoms with van der Waals surface area (Å²) in [5.41, 5.74) is 0.156. The first kappa shape index (κ1) is 22.7. The van der Waals surface area contributed by atoms with E-state index in [1.54, 1.807) is 45.0 Å². The highest BCUT2D eigenvalue weighted by atomic mass is 16.6. The molecule has 0 radical (unpaired) electrons. The Labute approximate surface area is 175 Å². The second kappa shape index (κ2) is 10.8. The molecule has 0 atom stereocenters. The number of alkyl carbamates (subject to hydrolysis) is 1. The monoisotopic (exact) mass is 414 g/mol. The Morgan fingerprint density at radius 1 is 0.933 bits per heavy atom. The van der Waals surface area contributed by atoms with Gasteiger partial charge in [0.2, 0.25) is 5.91 Å². The summed E-state index contributed by atoms with van der Waals surface area (Å²) in [6.07, 6.45) is -0.693. The minimum absolute atomic E-state index is 0.109. The Balaban J connectivity index is 1.82. The molecular formula is C22H26N2O6. The quantitative estimate of drug-likeness (QED) is 0.611. The van der Waals surface area contributed by atoms with Crippen LogP contribution in [0.5, 0.6) is 5.75 Å². The van der Waals surface area contributed by atoms with Crippen LogP contribution in [0.3, 0.4) is 0 Å². The molecule has 2 rings (SSSR count). The smallest absolute Gasteiger partial charge is 0.408 e. The fourth-order valence-corrected chi connectivity index (χ4v) is 2.34. The van der Waals surface area contributed by atoms with E-state index in [1.807, 2.05) is 30.3 Å². The van der Waals surface area contributed by atoms with Crippen LogP contribution in [0.15, 0.2) is 54.6 Å². The topological polar surface area (TPSA) is 103 Å². The molecule has 0 heterocycles. The number of esters is 1. The third kappa shape index (κ3) is 7.46. The van der Waals surface area contributed by atoms with Gasteiger partial charge in [-0.1, -0.05) is 30.3 Å². The number of ether oxygens (including phenoxy) is 3. The van der Waals surface area contributed by atoms with Gasteiger partial charge in [0.05, 0.1) is 6.61 Å². The molecule has 0 aliphatic carbocycles. The van der Waals surface area contributed by atoms with Gasteiger partial charge in [-0.15, -0.1) is 0 Å². The van der Waals surface area contributed by atoms with E-state index in [2.05, 4.69) is 10.6 Å². The van der Waals surface area contributed by atoms with E-state index in [0.717, 1.165) is 5.56 Å². The summed E-state index contributed by atoms with van der Waals surface area (Å²) < 4.78 is 15.2. The average Bonchev–Trinajstić information content (AvgIpc) is 2.72. The first-order valence-corrected chi connectivity index (χ1v) is 9.49. The number of rotatable bonds is 9. The fourth-order valence-electron chi connectivity index (χ4n) is 2.34. The van der Waals surface area contributed by atoms with E-state index in [4.69, 9.17) is 14.2 Å². The van der Waals surface area contributed by atoms with Crippen molar-refractivity contribution < 1.29 is 28.6 Å². The van der Waals surface area contributed by atoms with Crippen LogP contribution in [0, 0.1) is 0 Å². The second-order valence-corrected chi connectivity index (χ2v) is 6.88. The van der Waals surface area contributed by atoms with E-state index in [-0.39, 0.29) is 19.8 Å². The zero-order valence-electron chi connectivity index (χ0n) is 17.3. The lowest BCUT2D eigenvalue weighted by Crippen LogP contribution is -2.52. The Morgan fingerprint density at radius 2 is 1.60 bits per heavy atom. The maximum Gasteiger partial charge on any atom is 0.408 e. The Bertz CT molecular complexity index is 850. The van der Waals surface area contributed by atoms with Crippen LogP contribution >= 0.6 is 0 Å². The lowest BCUT2D eigenvalue weighted by molar-refractivity contribution is -0.145. The van der Waals surface area contributed by atoms with Crippen LogP contribution in [0.1, 0.15) is 26.3 Å². The molecule has 2 amide bonds. The number of benzene rings is 2. The Morgan fingerprint density at radius 3 is 2.23 bits per heavy atom. The SMILES string of the molecule is CCOC(=O)COc1ccc(NC(=O)C(C)(C)NC(=O)OCc2ccccc2)cc1. The van der Waals surface area contributed by atoms with E-state index < -0.39 is 23.5 Å². The summed E-state index contributed by atoms with van der Waals surface area (Å²) in [4.78, 5) is 35.9. The molecule has 0 aliphatic heterocycles. The highest BCUT2D eigenvalue weighted by Gasteiger charge is 2.30. The molecule has 30 heavy (non-hydrogen) atoms. The molecular weight excluding hydrogens is 388 g/mol. The number of anilines is 1. The van der Waals surface area contributed by atoms with Crippen molar-refractivity contribution >= 4 is 23.7 Å². The minimum Gasteiger partial charge on any atom is -0.482 e. The number of hydrogen-bond donors (Lipinski definition) is 2. The van der Waals surface area contributed by atoms with Crippen molar-refractivity contribution in [3.05, 3.63) is 60.2 Å². The molecule has 0 fully saturated rings. The van der Waals surface area contributed by atoms with Crippen molar-refractivity contribution in [2.75, 3.05) is 18.5 Å². The predicted octanol–water partition coefficient (Wildman–Crippen LogP) is 3.27. The summed E-state index contributed by atoms with van der Waals surface area (Å²) in [5.74, 6) is -0.413. The lowest BCUT2D eigenvalue weighted by Gasteiger charge is -2.24. The highest BCUT2D eigenvalue weighted by Crippen LogP contribution is 2.17. The van der Waals surface area contributed by atoms with Crippen LogP contribution in [-0.2, 0) is 25.7 Å². The summed E-state index contributed by atoms with van der Waals surface area (Å²) in [6.45, 7) is 5.07. The van der Waals surface area contributed by atoms with Gasteiger partial charge in [0, 0.05) is 5.69 Å². The number of nitrogens with one attached hydrogen (secondary N) is 2. The van der Waals surface area contributed by atoms with E-state index in [1.165, 1.54) is 0 Å². The summed E-state index contributed by atoms with van der Waals surface area (Å²) in [5, 5.41) is 5.27. The number of hydrogen-bond acceptors (Lipinski definition) is 6. The molecule has 0 bridgehead atoms. The van der Waals surface area contributed by atoms with Crippen LogP contribution in [0.25, 0.3) is 0 Å². The van der Waals surface area contributed by atoms with Crippen molar-refractivity contribution in [3.8, 4) is 5.75 Å².